The average Bonchev–Trinajstić information content (AvgIpc) is 2.17. The van der Waals surface area contributed by atoms with E-state index in [1.165, 1.54) is 0 Å². The van der Waals surface area contributed by atoms with Gasteiger partial charge in [0.1, 0.15) is 5.75 Å². The minimum absolute atomic E-state index is 0.622. The Morgan fingerprint density at radius 3 is 2.79 bits per heavy atom. The Hall–Kier alpha value is -0.800. The third-order valence-corrected chi connectivity index (χ3v) is 2.66. The van der Waals surface area contributed by atoms with E-state index < -0.39 is 0 Å². The van der Waals surface area contributed by atoms with Gasteiger partial charge in [-0.3, -0.25) is 0 Å². The van der Waals surface area contributed by atoms with E-state index in [0.29, 0.717) is 6.54 Å². The maximum absolute atomic E-state index is 5.47. The van der Waals surface area contributed by atoms with Gasteiger partial charge in [0, 0.05) is 4.47 Å². The zero-order chi connectivity index (χ0) is 10.6. The molecule has 0 spiro atoms. The highest BCUT2D eigenvalue weighted by atomic mass is 79.9. The van der Waals surface area contributed by atoms with Gasteiger partial charge in [0.05, 0.1) is 7.11 Å². The van der Waals surface area contributed by atoms with Crippen molar-refractivity contribution in [3.05, 3.63) is 34.8 Å². The molecule has 0 bridgehead atoms. The van der Waals surface area contributed by atoms with E-state index in [1.54, 1.807) is 7.11 Å². The minimum Gasteiger partial charge on any atom is -0.497 e. The average molecular weight is 256 g/mol. The van der Waals surface area contributed by atoms with Gasteiger partial charge in [0.2, 0.25) is 0 Å². The third-order valence-electron chi connectivity index (χ3n) is 2.00. The van der Waals surface area contributed by atoms with Gasteiger partial charge in [-0.1, -0.05) is 22.5 Å². The highest BCUT2D eigenvalue weighted by Gasteiger charge is 2.04. The molecule has 0 unspecified atom stereocenters. The number of halogens is 1. The summed E-state index contributed by atoms with van der Waals surface area (Å²) in [7, 11) is 1.65. The van der Waals surface area contributed by atoms with Crippen molar-refractivity contribution in [1.29, 1.82) is 0 Å². The predicted molar refractivity (Wildman–Crippen MR) is 63.4 cm³/mol. The standard InChI is InChI=1S/C11H14BrNO/c1-8(5-6-13)10-4-3-9(14-2)7-11(10)12/h3-4,7H,1,5-6,13H2,2H3. The molecule has 0 aliphatic carbocycles. The number of hydrogen-bond acceptors (Lipinski definition) is 2. The maximum atomic E-state index is 5.47. The van der Waals surface area contributed by atoms with Crippen LogP contribution < -0.4 is 10.5 Å². The molecule has 0 amide bonds. The predicted octanol–water partition coefficient (Wildman–Crippen LogP) is 2.82. The fraction of sp³-hybridized carbons (Fsp3) is 0.273. The van der Waals surface area contributed by atoms with E-state index in [9.17, 15) is 0 Å². The summed E-state index contributed by atoms with van der Waals surface area (Å²) in [5.74, 6) is 0.834. The van der Waals surface area contributed by atoms with E-state index in [4.69, 9.17) is 10.5 Å². The molecule has 0 heterocycles. The summed E-state index contributed by atoms with van der Waals surface area (Å²) < 4.78 is 6.10. The molecule has 2 nitrogen and oxygen atoms in total. The Balaban J connectivity index is 2.94. The summed E-state index contributed by atoms with van der Waals surface area (Å²) in [5.41, 5.74) is 7.61. The van der Waals surface area contributed by atoms with Crippen molar-refractivity contribution in [2.75, 3.05) is 13.7 Å². The van der Waals surface area contributed by atoms with Gasteiger partial charge < -0.3 is 10.5 Å². The van der Waals surface area contributed by atoms with Crippen molar-refractivity contribution in [3.8, 4) is 5.75 Å². The van der Waals surface area contributed by atoms with Gasteiger partial charge in [-0.2, -0.15) is 0 Å². The topological polar surface area (TPSA) is 35.2 Å². The molecule has 0 saturated carbocycles. The molecule has 14 heavy (non-hydrogen) atoms. The molecule has 0 aromatic heterocycles. The molecule has 1 rings (SSSR count). The molecular weight excluding hydrogens is 242 g/mol. The molecule has 1 aromatic rings. The van der Waals surface area contributed by atoms with Crippen molar-refractivity contribution in [2.24, 2.45) is 5.73 Å². The Kier molecular flexibility index (Phi) is 4.17. The molecule has 0 atom stereocenters. The van der Waals surface area contributed by atoms with Crippen LogP contribution in [0.25, 0.3) is 5.57 Å². The van der Waals surface area contributed by atoms with E-state index in [2.05, 4.69) is 22.5 Å². The smallest absolute Gasteiger partial charge is 0.120 e. The van der Waals surface area contributed by atoms with Gasteiger partial charge >= 0.3 is 0 Å². The molecule has 3 heteroatoms. The first-order valence-corrected chi connectivity index (χ1v) is 5.20. The van der Waals surface area contributed by atoms with Gasteiger partial charge in [0.15, 0.2) is 0 Å². The Morgan fingerprint density at radius 1 is 1.57 bits per heavy atom. The van der Waals surface area contributed by atoms with Gasteiger partial charge in [-0.15, -0.1) is 0 Å². The summed E-state index contributed by atoms with van der Waals surface area (Å²) in [6.45, 7) is 4.60. The number of methoxy groups -OCH3 is 1. The van der Waals surface area contributed by atoms with Crippen LogP contribution in [0.5, 0.6) is 5.75 Å². The van der Waals surface area contributed by atoms with Crippen LogP contribution in [-0.2, 0) is 0 Å². The molecular formula is C11H14BrNO. The summed E-state index contributed by atoms with van der Waals surface area (Å²) in [6, 6.07) is 5.83. The lowest BCUT2D eigenvalue weighted by molar-refractivity contribution is 0.414. The quantitative estimate of drug-likeness (QED) is 0.899. The van der Waals surface area contributed by atoms with Crippen LogP contribution in [0.3, 0.4) is 0 Å². The second-order valence-corrected chi connectivity index (χ2v) is 3.84. The van der Waals surface area contributed by atoms with Crippen LogP contribution in [0.1, 0.15) is 12.0 Å². The third kappa shape index (κ3) is 2.59. The first-order valence-electron chi connectivity index (χ1n) is 4.40. The molecule has 0 radical (unpaired) electrons. The van der Waals surface area contributed by atoms with Crippen molar-refractivity contribution in [2.45, 2.75) is 6.42 Å². The minimum atomic E-state index is 0.622. The molecule has 2 N–H and O–H groups in total. The molecule has 0 saturated heterocycles. The largest absolute Gasteiger partial charge is 0.497 e. The van der Waals surface area contributed by atoms with E-state index in [1.807, 2.05) is 18.2 Å². The summed E-state index contributed by atoms with van der Waals surface area (Å²) in [6.07, 6.45) is 0.810. The van der Waals surface area contributed by atoms with Crippen LogP contribution in [0.15, 0.2) is 29.3 Å². The van der Waals surface area contributed by atoms with Crippen molar-refractivity contribution < 1.29 is 4.74 Å². The first kappa shape index (κ1) is 11.3. The highest BCUT2D eigenvalue weighted by molar-refractivity contribution is 9.10. The maximum Gasteiger partial charge on any atom is 0.120 e. The fourth-order valence-corrected chi connectivity index (χ4v) is 1.86. The Morgan fingerprint density at radius 2 is 2.29 bits per heavy atom. The normalized spacial score (nSPS) is 9.93. The highest BCUT2D eigenvalue weighted by Crippen LogP contribution is 2.28. The van der Waals surface area contributed by atoms with Crippen LogP contribution >= 0.6 is 15.9 Å². The number of rotatable bonds is 4. The van der Waals surface area contributed by atoms with Gasteiger partial charge in [-0.25, -0.2) is 0 Å². The van der Waals surface area contributed by atoms with Gasteiger partial charge in [-0.05, 0) is 42.3 Å². The van der Waals surface area contributed by atoms with Crippen LogP contribution in [-0.4, -0.2) is 13.7 Å². The van der Waals surface area contributed by atoms with Crippen LogP contribution in [0, 0.1) is 0 Å². The number of nitrogens with two attached hydrogens (primary N) is 1. The Bertz CT molecular complexity index is 336. The molecule has 76 valence electrons. The van der Waals surface area contributed by atoms with E-state index in [0.717, 1.165) is 27.8 Å². The summed E-state index contributed by atoms with van der Waals surface area (Å²) >= 11 is 3.48. The SMILES string of the molecule is C=C(CCN)c1ccc(OC)cc1Br. The van der Waals surface area contributed by atoms with E-state index in [-0.39, 0.29) is 0 Å². The summed E-state index contributed by atoms with van der Waals surface area (Å²) in [4.78, 5) is 0. The van der Waals surface area contributed by atoms with Crippen molar-refractivity contribution in [3.63, 3.8) is 0 Å². The van der Waals surface area contributed by atoms with Crippen LogP contribution in [0.4, 0.5) is 0 Å². The first-order chi connectivity index (χ1) is 6.69. The van der Waals surface area contributed by atoms with Crippen LogP contribution in [0.2, 0.25) is 0 Å². The molecule has 0 aliphatic rings. The second kappa shape index (κ2) is 5.17. The lowest BCUT2D eigenvalue weighted by Gasteiger charge is -2.08. The zero-order valence-electron chi connectivity index (χ0n) is 8.22. The second-order valence-electron chi connectivity index (χ2n) is 2.99. The fourth-order valence-electron chi connectivity index (χ4n) is 1.22. The van der Waals surface area contributed by atoms with Crippen molar-refractivity contribution in [1.82, 2.24) is 0 Å². The number of ether oxygens (including phenoxy) is 1. The van der Waals surface area contributed by atoms with E-state index >= 15 is 0 Å². The molecule has 0 fully saturated rings. The zero-order valence-corrected chi connectivity index (χ0v) is 9.80. The lowest BCUT2D eigenvalue weighted by atomic mass is 10.0. The number of benzene rings is 1. The lowest BCUT2D eigenvalue weighted by Crippen LogP contribution is -1.99. The molecule has 0 aliphatic heterocycles. The Labute approximate surface area is 92.9 Å². The molecule has 1 aromatic carbocycles. The number of hydrogen-bond donors (Lipinski definition) is 1. The van der Waals surface area contributed by atoms with Crippen molar-refractivity contribution >= 4 is 21.5 Å². The van der Waals surface area contributed by atoms with Gasteiger partial charge in [0.25, 0.3) is 0 Å². The monoisotopic (exact) mass is 255 g/mol. The summed E-state index contributed by atoms with van der Waals surface area (Å²) in [5, 5.41) is 0.